The summed E-state index contributed by atoms with van der Waals surface area (Å²) in [5.41, 5.74) is 5.55. The van der Waals surface area contributed by atoms with Crippen LogP contribution in [0, 0.1) is 0 Å². The van der Waals surface area contributed by atoms with Crippen molar-refractivity contribution < 1.29 is 8.42 Å². The lowest BCUT2D eigenvalue weighted by Crippen LogP contribution is -2.45. The number of nitrogens with zero attached hydrogens (tertiary/aromatic N) is 2. The van der Waals surface area contributed by atoms with Gasteiger partial charge in [-0.05, 0) is 44.6 Å². The van der Waals surface area contributed by atoms with Crippen LogP contribution in [0.5, 0.6) is 0 Å². The van der Waals surface area contributed by atoms with E-state index in [-0.39, 0.29) is 6.04 Å². The molecular weight excluding hydrogens is 294 g/mol. The highest BCUT2D eigenvalue weighted by Gasteiger charge is 2.31. The van der Waals surface area contributed by atoms with E-state index in [1.54, 1.807) is 23.5 Å². The van der Waals surface area contributed by atoms with Crippen molar-refractivity contribution in [1.82, 2.24) is 9.21 Å². The van der Waals surface area contributed by atoms with Crippen molar-refractivity contribution in [2.45, 2.75) is 36.6 Å². The molecular formula is C13H23N3O2S2. The van der Waals surface area contributed by atoms with E-state index >= 15 is 0 Å². The lowest BCUT2D eigenvalue weighted by Gasteiger charge is -2.35. The maximum absolute atomic E-state index is 12.6. The number of sulfonamides is 1. The van der Waals surface area contributed by atoms with Crippen molar-refractivity contribution in [3.63, 3.8) is 0 Å². The number of piperidine rings is 1. The Morgan fingerprint density at radius 3 is 2.55 bits per heavy atom. The normalized spacial score (nSPS) is 18.8. The summed E-state index contributed by atoms with van der Waals surface area (Å²) in [5, 5.41) is 0. The van der Waals surface area contributed by atoms with Gasteiger partial charge in [-0.2, -0.15) is 4.31 Å². The number of rotatable bonds is 5. The number of thiophene rings is 1. The largest absolute Gasteiger partial charge is 0.326 e. The summed E-state index contributed by atoms with van der Waals surface area (Å²) in [7, 11) is -1.68. The van der Waals surface area contributed by atoms with Crippen LogP contribution in [0.4, 0.5) is 0 Å². The Kier molecular flexibility index (Phi) is 5.19. The third-order valence-electron chi connectivity index (χ3n) is 3.99. The predicted molar refractivity (Wildman–Crippen MR) is 82.3 cm³/mol. The van der Waals surface area contributed by atoms with Crippen molar-refractivity contribution in [1.29, 1.82) is 0 Å². The summed E-state index contributed by atoms with van der Waals surface area (Å²) in [6, 6.07) is 3.57. The fourth-order valence-electron chi connectivity index (χ4n) is 2.54. The van der Waals surface area contributed by atoms with Crippen LogP contribution in [0.15, 0.2) is 16.3 Å². The van der Waals surface area contributed by atoms with Gasteiger partial charge < -0.3 is 10.6 Å². The second kappa shape index (κ2) is 6.53. The third-order valence-corrected chi connectivity index (χ3v) is 7.48. The highest BCUT2D eigenvalue weighted by molar-refractivity contribution is 7.91. The van der Waals surface area contributed by atoms with Crippen LogP contribution >= 0.6 is 11.3 Å². The summed E-state index contributed by atoms with van der Waals surface area (Å²) in [5.74, 6) is 0. The Morgan fingerprint density at radius 2 is 2.05 bits per heavy atom. The molecule has 0 spiro atoms. The van der Waals surface area contributed by atoms with Gasteiger partial charge in [0.05, 0.1) is 0 Å². The lowest BCUT2D eigenvalue weighted by atomic mass is 10.1. The molecule has 0 amide bonds. The van der Waals surface area contributed by atoms with E-state index in [9.17, 15) is 8.42 Å². The molecule has 5 nitrogen and oxygen atoms in total. The Balaban J connectivity index is 2.09. The number of nitrogens with two attached hydrogens (primary N) is 1. The molecule has 0 aromatic carbocycles. The molecule has 7 heteroatoms. The van der Waals surface area contributed by atoms with E-state index in [2.05, 4.69) is 11.8 Å². The lowest BCUT2D eigenvalue weighted by molar-refractivity contribution is 0.176. The van der Waals surface area contributed by atoms with Crippen LogP contribution in [-0.2, 0) is 16.6 Å². The van der Waals surface area contributed by atoms with Crippen LogP contribution in [0.2, 0.25) is 0 Å². The van der Waals surface area contributed by atoms with Gasteiger partial charge in [0.25, 0.3) is 10.0 Å². The Morgan fingerprint density at radius 1 is 1.40 bits per heavy atom. The number of hydrogen-bond donors (Lipinski definition) is 1. The Bertz CT molecular complexity index is 534. The molecule has 0 radical (unpaired) electrons. The average molecular weight is 317 g/mol. The van der Waals surface area contributed by atoms with Crippen LogP contribution in [0.1, 0.15) is 24.6 Å². The highest BCUT2D eigenvalue weighted by atomic mass is 32.2. The molecule has 0 aliphatic carbocycles. The van der Waals surface area contributed by atoms with Crippen LogP contribution in [-0.4, -0.2) is 50.3 Å². The first-order valence-electron chi connectivity index (χ1n) is 6.98. The molecule has 0 bridgehead atoms. The van der Waals surface area contributed by atoms with Crippen molar-refractivity contribution in [3.05, 3.63) is 17.0 Å². The summed E-state index contributed by atoms with van der Waals surface area (Å²) in [6.45, 7) is 5.51. The highest BCUT2D eigenvalue weighted by Crippen LogP contribution is 2.27. The standard InChI is InChI=1S/C13H23N3O2S2/c1-3-16-8-6-11(7-9-16)15(2)20(17,18)13-5-4-12(10-14)19-13/h4-5,11H,3,6-10,14H2,1-2H3. The number of likely N-dealkylation sites (tertiary alicyclic amines) is 1. The summed E-state index contributed by atoms with van der Waals surface area (Å²) >= 11 is 1.27. The van der Waals surface area contributed by atoms with Gasteiger partial charge in [-0.3, -0.25) is 0 Å². The first-order chi connectivity index (χ1) is 9.48. The van der Waals surface area contributed by atoms with E-state index in [0.717, 1.165) is 37.4 Å². The van der Waals surface area contributed by atoms with E-state index in [1.165, 1.54) is 11.3 Å². The monoisotopic (exact) mass is 317 g/mol. The summed E-state index contributed by atoms with van der Waals surface area (Å²) in [4.78, 5) is 3.26. The topological polar surface area (TPSA) is 66.6 Å². The predicted octanol–water partition coefficient (Wildman–Crippen LogP) is 1.31. The first kappa shape index (κ1) is 15.9. The van der Waals surface area contributed by atoms with Crippen LogP contribution < -0.4 is 5.73 Å². The van der Waals surface area contributed by atoms with E-state index < -0.39 is 10.0 Å². The molecule has 1 aromatic rings. The second-order valence-electron chi connectivity index (χ2n) is 5.11. The van der Waals surface area contributed by atoms with Crippen molar-refractivity contribution >= 4 is 21.4 Å². The summed E-state index contributed by atoms with van der Waals surface area (Å²) < 4.78 is 27.1. The maximum Gasteiger partial charge on any atom is 0.252 e. The quantitative estimate of drug-likeness (QED) is 0.889. The molecule has 1 fully saturated rings. The smallest absolute Gasteiger partial charge is 0.252 e. The molecule has 1 aliphatic heterocycles. The fraction of sp³-hybridized carbons (Fsp3) is 0.692. The molecule has 2 N–H and O–H groups in total. The molecule has 0 saturated carbocycles. The van der Waals surface area contributed by atoms with Crippen LogP contribution in [0.3, 0.4) is 0 Å². The number of hydrogen-bond acceptors (Lipinski definition) is 5. The zero-order valence-electron chi connectivity index (χ0n) is 12.1. The van der Waals surface area contributed by atoms with Gasteiger partial charge in [-0.1, -0.05) is 6.92 Å². The third kappa shape index (κ3) is 3.23. The zero-order chi connectivity index (χ0) is 14.8. The summed E-state index contributed by atoms with van der Waals surface area (Å²) in [6.07, 6.45) is 1.80. The molecule has 114 valence electrons. The van der Waals surface area contributed by atoms with Gasteiger partial charge in [-0.15, -0.1) is 11.3 Å². The molecule has 1 aromatic heterocycles. The van der Waals surface area contributed by atoms with Gasteiger partial charge >= 0.3 is 0 Å². The molecule has 2 heterocycles. The van der Waals surface area contributed by atoms with Crippen molar-refractivity contribution in [2.75, 3.05) is 26.7 Å². The van der Waals surface area contributed by atoms with Gasteiger partial charge in [0, 0.05) is 24.5 Å². The molecule has 1 saturated heterocycles. The molecule has 20 heavy (non-hydrogen) atoms. The second-order valence-corrected chi connectivity index (χ2v) is 8.50. The molecule has 1 aliphatic rings. The maximum atomic E-state index is 12.6. The minimum Gasteiger partial charge on any atom is -0.326 e. The minimum atomic E-state index is -3.37. The average Bonchev–Trinajstić information content (AvgIpc) is 2.96. The van der Waals surface area contributed by atoms with Crippen molar-refractivity contribution in [2.24, 2.45) is 5.73 Å². The minimum absolute atomic E-state index is 0.103. The molecule has 0 unspecified atom stereocenters. The first-order valence-corrected chi connectivity index (χ1v) is 9.24. The Hall–Kier alpha value is -0.470. The SMILES string of the molecule is CCN1CCC(N(C)S(=O)(=O)c2ccc(CN)s2)CC1. The van der Waals surface area contributed by atoms with Gasteiger partial charge in [0.15, 0.2) is 0 Å². The van der Waals surface area contributed by atoms with E-state index in [0.29, 0.717) is 10.8 Å². The van der Waals surface area contributed by atoms with E-state index in [4.69, 9.17) is 5.73 Å². The zero-order valence-corrected chi connectivity index (χ0v) is 13.7. The van der Waals surface area contributed by atoms with Gasteiger partial charge in [0.1, 0.15) is 4.21 Å². The van der Waals surface area contributed by atoms with Gasteiger partial charge in [0.2, 0.25) is 0 Å². The van der Waals surface area contributed by atoms with Crippen LogP contribution in [0.25, 0.3) is 0 Å². The fourth-order valence-corrected chi connectivity index (χ4v) is 5.38. The van der Waals surface area contributed by atoms with E-state index in [1.807, 2.05) is 0 Å². The molecule has 0 atom stereocenters. The Labute approximate surface area is 125 Å². The molecule has 2 rings (SSSR count). The van der Waals surface area contributed by atoms with Crippen molar-refractivity contribution in [3.8, 4) is 0 Å². The van der Waals surface area contributed by atoms with Gasteiger partial charge in [-0.25, -0.2) is 8.42 Å².